The fourth-order valence-corrected chi connectivity index (χ4v) is 2.82. The minimum absolute atomic E-state index is 0.0457. The van der Waals surface area contributed by atoms with E-state index >= 15 is 0 Å². The van der Waals surface area contributed by atoms with Crippen LogP contribution in [0.3, 0.4) is 0 Å². The van der Waals surface area contributed by atoms with Crippen LogP contribution < -0.4 is 5.73 Å². The van der Waals surface area contributed by atoms with Crippen molar-refractivity contribution in [1.29, 1.82) is 0 Å². The highest BCUT2D eigenvalue weighted by molar-refractivity contribution is 9.10. The van der Waals surface area contributed by atoms with Gasteiger partial charge in [-0.05, 0) is 53.0 Å². The first kappa shape index (κ1) is 11.9. The van der Waals surface area contributed by atoms with Gasteiger partial charge >= 0.3 is 0 Å². The molecule has 18 heavy (non-hydrogen) atoms. The molecule has 0 radical (unpaired) electrons. The molecule has 0 amide bonds. The zero-order chi connectivity index (χ0) is 12.8. The van der Waals surface area contributed by atoms with E-state index in [1.165, 1.54) is 12.1 Å². The van der Waals surface area contributed by atoms with Gasteiger partial charge in [0.1, 0.15) is 5.82 Å². The molecule has 0 spiro atoms. The van der Waals surface area contributed by atoms with E-state index in [-0.39, 0.29) is 11.2 Å². The van der Waals surface area contributed by atoms with Crippen LogP contribution in [0.2, 0.25) is 0 Å². The van der Waals surface area contributed by atoms with Gasteiger partial charge in [0, 0.05) is 18.2 Å². The summed E-state index contributed by atoms with van der Waals surface area (Å²) in [4.78, 5) is 0. The van der Waals surface area contributed by atoms with Crippen molar-refractivity contribution in [3.8, 4) is 5.69 Å². The van der Waals surface area contributed by atoms with Crippen molar-refractivity contribution in [2.45, 2.75) is 18.3 Å². The van der Waals surface area contributed by atoms with Gasteiger partial charge in [0.25, 0.3) is 0 Å². The zero-order valence-corrected chi connectivity index (χ0v) is 11.3. The smallest absolute Gasteiger partial charge is 0.123 e. The Hall–Kier alpha value is -1.20. The van der Waals surface area contributed by atoms with Crippen LogP contribution in [0.15, 0.2) is 34.9 Å². The molecule has 1 aliphatic rings. The molecule has 5 heteroatoms. The molecule has 0 unspecified atom stereocenters. The second-order valence-corrected chi connectivity index (χ2v) is 5.59. The molecule has 2 N–H and O–H groups in total. The van der Waals surface area contributed by atoms with E-state index in [0.717, 1.165) is 28.7 Å². The minimum Gasteiger partial charge on any atom is -0.330 e. The Labute approximate surface area is 113 Å². The Kier molecular flexibility index (Phi) is 2.75. The Balaban J connectivity index is 2.00. The number of halogens is 2. The molecule has 0 bridgehead atoms. The SMILES string of the molecule is NCC1(c2nn(-c3ccc(F)cc3)cc2Br)CC1. The number of benzene rings is 1. The van der Waals surface area contributed by atoms with Gasteiger partial charge < -0.3 is 5.73 Å². The predicted octanol–water partition coefficient (Wildman–Crippen LogP) is 2.76. The van der Waals surface area contributed by atoms with E-state index in [9.17, 15) is 4.39 Å². The summed E-state index contributed by atoms with van der Waals surface area (Å²) in [5.74, 6) is -0.245. The Bertz CT molecular complexity index is 572. The average molecular weight is 310 g/mol. The summed E-state index contributed by atoms with van der Waals surface area (Å²) >= 11 is 3.53. The third-order valence-corrected chi connectivity index (χ3v) is 4.09. The molecule has 3 nitrogen and oxygen atoms in total. The summed E-state index contributed by atoms with van der Waals surface area (Å²) in [7, 11) is 0. The monoisotopic (exact) mass is 309 g/mol. The van der Waals surface area contributed by atoms with Crippen LogP contribution in [0.4, 0.5) is 4.39 Å². The molecule has 1 aliphatic carbocycles. The molecule has 1 aromatic heterocycles. The maximum absolute atomic E-state index is 12.9. The van der Waals surface area contributed by atoms with Crippen molar-refractivity contribution in [1.82, 2.24) is 9.78 Å². The summed E-state index contributed by atoms with van der Waals surface area (Å²) in [5, 5.41) is 4.58. The molecular formula is C13H13BrFN3. The van der Waals surface area contributed by atoms with Gasteiger partial charge in [-0.3, -0.25) is 0 Å². The van der Waals surface area contributed by atoms with E-state index < -0.39 is 0 Å². The first-order valence-corrected chi connectivity index (χ1v) is 6.66. The molecule has 0 aliphatic heterocycles. The van der Waals surface area contributed by atoms with Crippen LogP contribution in [-0.2, 0) is 5.41 Å². The van der Waals surface area contributed by atoms with Gasteiger partial charge in [0.05, 0.1) is 15.9 Å². The minimum atomic E-state index is -0.245. The Morgan fingerprint density at radius 3 is 2.56 bits per heavy atom. The topological polar surface area (TPSA) is 43.8 Å². The van der Waals surface area contributed by atoms with Crippen LogP contribution in [0, 0.1) is 5.82 Å². The second kappa shape index (κ2) is 4.17. The molecular weight excluding hydrogens is 297 g/mol. The summed E-state index contributed by atoms with van der Waals surface area (Å²) in [6, 6.07) is 6.28. The zero-order valence-electron chi connectivity index (χ0n) is 9.74. The number of hydrogen-bond donors (Lipinski definition) is 1. The number of aromatic nitrogens is 2. The fourth-order valence-electron chi connectivity index (χ4n) is 2.13. The predicted molar refractivity (Wildman–Crippen MR) is 71.2 cm³/mol. The third kappa shape index (κ3) is 1.87. The van der Waals surface area contributed by atoms with Crippen molar-refractivity contribution >= 4 is 15.9 Å². The largest absolute Gasteiger partial charge is 0.330 e. The van der Waals surface area contributed by atoms with Gasteiger partial charge in [0.15, 0.2) is 0 Å². The van der Waals surface area contributed by atoms with Crippen LogP contribution in [0.25, 0.3) is 5.69 Å². The number of nitrogens with two attached hydrogens (primary N) is 1. The summed E-state index contributed by atoms with van der Waals surface area (Å²) < 4.78 is 15.6. The van der Waals surface area contributed by atoms with E-state index in [0.29, 0.717) is 6.54 Å². The fraction of sp³-hybridized carbons (Fsp3) is 0.308. The van der Waals surface area contributed by atoms with Crippen molar-refractivity contribution < 1.29 is 4.39 Å². The summed E-state index contributed by atoms with van der Waals surface area (Å²) in [6.45, 7) is 0.617. The lowest BCUT2D eigenvalue weighted by Crippen LogP contribution is -2.21. The maximum atomic E-state index is 12.9. The number of rotatable bonds is 3. The lowest BCUT2D eigenvalue weighted by molar-refractivity contribution is 0.626. The Morgan fingerprint density at radius 2 is 2.00 bits per heavy atom. The van der Waals surface area contributed by atoms with Gasteiger partial charge in [-0.2, -0.15) is 5.10 Å². The molecule has 1 saturated carbocycles. The van der Waals surface area contributed by atoms with E-state index in [1.807, 2.05) is 6.20 Å². The number of hydrogen-bond acceptors (Lipinski definition) is 2. The summed E-state index contributed by atoms with van der Waals surface area (Å²) in [6.07, 6.45) is 4.07. The van der Waals surface area contributed by atoms with E-state index in [2.05, 4.69) is 21.0 Å². The third-order valence-electron chi connectivity index (χ3n) is 3.51. The molecule has 2 aromatic rings. The summed E-state index contributed by atoms with van der Waals surface area (Å²) in [5.41, 5.74) is 7.72. The van der Waals surface area contributed by atoms with Crippen molar-refractivity contribution in [2.75, 3.05) is 6.54 Å². The van der Waals surface area contributed by atoms with Crippen LogP contribution >= 0.6 is 15.9 Å². The van der Waals surface area contributed by atoms with Crippen LogP contribution in [-0.4, -0.2) is 16.3 Å². The van der Waals surface area contributed by atoms with Crippen molar-refractivity contribution in [3.63, 3.8) is 0 Å². The molecule has 0 saturated heterocycles. The Morgan fingerprint density at radius 1 is 1.33 bits per heavy atom. The molecule has 94 valence electrons. The highest BCUT2D eigenvalue weighted by atomic mass is 79.9. The van der Waals surface area contributed by atoms with Gasteiger partial charge in [-0.1, -0.05) is 0 Å². The molecule has 3 rings (SSSR count). The first-order chi connectivity index (χ1) is 8.64. The molecule has 1 heterocycles. The van der Waals surface area contributed by atoms with Crippen LogP contribution in [0.1, 0.15) is 18.5 Å². The highest BCUT2D eigenvalue weighted by Gasteiger charge is 2.46. The first-order valence-electron chi connectivity index (χ1n) is 5.86. The molecule has 1 fully saturated rings. The van der Waals surface area contributed by atoms with Crippen molar-refractivity contribution in [3.05, 3.63) is 46.4 Å². The highest BCUT2D eigenvalue weighted by Crippen LogP contribution is 2.48. The van der Waals surface area contributed by atoms with E-state index in [4.69, 9.17) is 5.73 Å². The molecule has 0 atom stereocenters. The standard InChI is InChI=1S/C13H13BrFN3/c14-11-7-18(10-3-1-9(15)2-4-10)17-12(11)13(8-16)5-6-13/h1-4,7H,5-6,8,16H2. The maximum Gasteiger partial charge on any atom is 0.123 e. The van der Waals surface area contributed by atoms with Crippen molar-refractivity contribution in [2.24, 2.45) is 5.73 Å². The van der Waals surface area contributed by atoms with E-state index in [1.54, 1.807) is 16.8 Å². The quantitative estimate of drug-likeness (QED) is 0.947. The molecule has 1 aromatic carbocycles. The normalized spacial score (nSPS) is 16.8. The second-order valence-electron chi connectivity index (χ2n) is 4.73. The lowest BCUT2D eigenvalue weighted by Gasteiger charge is -2.08. The average Bonchev–Trinajstić information content (AvgIpc) is 3.08. The lowest BCUT2D eigenvalue weighted by atomic mass is 10.0. The van der Waals surface area contributed by atoms with Gasteiger partial charge in [-0.15, -0.1) is 0 Å². The van der Waals surface area contributed by atoms with Gasteiger partial charge in [-0.25, -0.2) is 9.07 Å². The number of nitrogens with zero attached hydrogens (tertiary/aromatic N) is 2. The van der Waals surface area contributed by atoms with Crippen LogP contribution in [0.5, 0.6) is 0 Å². The van der Waals surface area contributed by atoms with Gasteiger partial charge in [0.2, 0.25) is 0 Å².